The molecule has 1 aliphatic rings. The van der Waals surface area contributed by atoms with Gasteiger partial charge in [0.05, 0.1) is 11.6 Å². The normalized spacial score (nSPS) is 14.9. The fourth-order valence-electron chi connectivity index (χ4n) is 2.26. The van der Waals surface area contributed by atoms with E-state index in [0.29, 0.717) is 18.1 Å². The second-order valence-corrected chi connectivity index (χ2v) is 4.54. The molecule has 16 heavy (non-hydrogen) atoms. The van der Waals surface area contributed by atoms with Gasteiger partial charge in [0.15, 0.2) is 0 Å². The van der Waals surface area contributed by atoms with Crippen molar-refractivity contribution in [1.29, 1.82) is 0 Å². The number of aryl methyl sites for hydroxylation is 1. The SMILES string of the molecule is NOCCc1cc2c(c(Cl)c1O)CCCC2. The first-order valence-corrected chi connectivity index (χ1v) is 5.95. The number of hydrogen-bond donors (Lipinski definition) is 2. The Balaban J connectivity index is 2.36. The lowest BCUT2D eigenvalue weighted by molar-refractivity contribution is 0.140. The van der Waals surface area contributed by atoms with Gasteiger partial charge in [-0.3, -0.25) is 0 Å². The van der Waals surface area contributed by atoms with Crippen LogP contribution in [-0.4, -0.2) is 11.7 Å². The van der Waals surface area contributed by atoms with Gasteiger partial charge in [-0.05, 0) is 42.4 Å². The first-order valence-electron chi connectivity index (χ1n) is 5.57. The van der Waals surface area contributed by atoms with Crippen molar-refractivity contribution in [2.24, 2.45) is 5.90 Å². The van der Waals surface area contributed by atoms with Gasteiger partial charge >= 0.3 is 0 Å². The molecule has 0 unspecified atom stereocenters. The Hall–Kier alpha value is -0.770. The van der Waals surface area contributed by atoms with E-state index in [0.717, 1.165) is 30.4 Å². The van der Waals surface area contributed by atoms with Crippen LogP contribution in [0.3, 0.4) is 0 Å². The van der Waals surface area contributed by atoms with Crippen LogP contribution >= 0.6 is 11.6 Å². The number of phenols is 1. The molecule has 0 bridgehead atoms. The van der Waals surface area contributed by atoms with E-state index in [1.165, 1.54) is 12.0 Å². The minimum absolute atomic E-state index is 0.194. The molecule has 1 aromatic rings. The van der Waals surface area contributed by atoms with Gasteiger partial charge in [-0.2, -0.15) is 0 Å². The summed E-state index contributed by atoms with van der Waals surface area (Å²) in [6.07, 6.45) is 4.95. The number of benzene rings is 1. The van der Waals surface area contributed by atoms with E-state index in [9.17, 15) is 5.11 Å². The highest BCUT2D eigenvalue weighted by Gasteiger charge is 2.18. The number of aromatic hydroxyl groups is 1. The average molecular weight is 242 g/mol. The Morgan fingerprint density at radius 2 is 2.12 bits per heavy atom. The van der Waals surface area contributed by atoms with E-state index in [-0.39, 0.29) is 5.75 Å². The predicted molar refractivity (Wildman–Crippen MR) is 63.6 cm³/mol. The van der Waals surface area contributed by atoms with Crippen LogP contribution in [0.4, 0.5) is 0 Å². The number of nitrogens with two attached hydrogens (primary N) is 1. The zero-order chi connectivity index (χ0) is 11.5. The van der Waals surface area contributed by atoms with E-state index in [1.54, 1.807) is 0 Å². The molecule has 4 heteroatoms. The van der Waals surface area contributed by atoms with Crippen LogP contribution in [0.1, 0.15) is 29.5 Å². The molecule has 0 amide bonds. The Labute approximate surface area is 100 Å². The van der Waals surface area contributed by atoms with Crippen molar-refractivity contribution >= 4 is 11.6 Å². The van der Waals surface area contributed by atoms with Crippen molar-refractivity contribution in [3.8, 4) is 5.75 Å². The van der Waals surface area contributed by atoms with Crippen molar-refractivity contribution < 1.29 is 9.94 Å². The van der Waals surface area contributed by atoms with Crippen molar-refractivity contribution in [2.75, 3.05) is 6.61 Å². The van der Waals surface area contributed by atoms with Crippen molar-refractivity contribution in [1.82, 2.24) is 0 Å². The molecule has 0 radical (unpaired) electrons. The molecule has 0 heterocycles. The van der Waals surface area contributed by atoms with Crippen molar-refractivity contribution in [2.45, 2.75) is 32.1 Å². The fraction of sp³-hybridized carbons (Fsp3) is 0.500. The summed E-state index contributed by atoms with van der Waals surface area (Å²) in [4.78, 5) is 4.53. The third-order valence-electron chi connectivity index (χ3n) is 3.13. The second kappa shape index (κ2) is 5.04. The number of rotatable bonds is 3. The van der Waals surface area contributed by atoms with Gasteiger partial charge in [0.25, 0.3) is 0 Å². The lowest BCUT2D eigenvalue weighted by Crippen LogP contribution is -2.08. The lowest BCUT2D eigenvalue weighted by Gasteiger charge is -2.19. The summed E-state index contributed by atoms with van der Waals surface area (Å²) in [7, 11) is 0. The molecule has 1 aliphatic carbocycles. The Kier molecular flexibility index (Phi) is 3.69. The maximum Gasteiger partial charge on any atom is 0.137 e. The van der Waals surface area contributed by atoms with Crippen LogP contribution in [0.15, 0.2) is 6.07 Å². The number of fused-ring (bicyclic) bond motifs is 1. The zero-order valence-corrected chi connectivity index (χ0v) is 9.89. The molecule has 0 fully saturated rings. The number of phenolic OH excluding ortho intramolecular Hbond substituents is 1. The minimum atomic E-state index is 0.194. The summed E-state index contributed by atoms with van der Waals surface area (Å²) in [5.41, 5.74) is 3.21. The lowest BCUT2D eigenvalue weighted by atomic mass is 9.89. The zero-order valence-electron chi connectivity index (χ0n) is 9.13. The molecule has 0 aliphatic heterocycles. The maximum absolute atomic E-state index is 9.95. The van der Waals surface area contributed by atoms with Crippen LogP contribution in [0.2, 0.25) is 5.02 Å². The minimum Gasteiger partial charge on any atom is -0.506 e. The summed E-state index contributed by atoms with van der Waals surface area (Å²) in [5, 5.41) is 10.5. The first-order chi connectivity index (χ1) is 7.74. The summed E-state index contributed by atoms with van der Waals surface area (Å²) in [5.74, 6) is 5.18. The molecular formula is C12H16ClNO2. The molecule has 0 spiro atoms. The van der Waals surface area contributed by atoms with E-state index in [2.05, 4.69) is 4.84 Å². The molecular weight excluding hydrogens is 226 g/mol. The summed E-state index contributed by atoms with van der Waals surface area (Å²) in [6, 6.07) is 2.04. The highest BCUT2D eigenvalue weighted by atomic mass is 35.5. The van der Waals surface area contributed by atoms with Crippen LogP contribution in [0.25, 0.3) is 0 Å². The molecule has 3 N–H and O–H groups in total. The maximum atomic E-state index is 9.95. The van der Waals surface area contributed by atoms with Gasteiger partial charge in [0, 0.05) is 6.42 Å². The average Bonchev–Trinajstić information content (AvgIpc) is 2.32. The second-order valence-electron chi connectivity index (χ2n) is 4.16. The molecule has 0 saturated carbocycles. The molecule has 1 aromatic carbocycles. The van der Waals surface area contributed by atoms with Crippen LogP contribution in [0.5, 0.6) is 5.75 Å². The van der Waals surface area contributed by atoms with Crippen molar-refractivity contribution in [3.05, 3.63) is 27.8 Å². The first kappa shape index (κ1) is 11.7. The Bertz CT molecular complexity index is 393. The standard InChI is InChI=1S/C12H16ClNO2/c13-11-10-4-2-1-3-8(10)7-9(12(11)15)5-6-16-14/h7,15H,1-6,14H2. The van der Waals surface area contributed by atoms with Crippen LogP contribution in [0, 0.1) is 0 Å². The predicted octanol–water partition coefficient (Wildman–Crippen LogP) is 2.36. The smallest absolute Gasteiger partial charge is 0.137 e. The summed E-state index contributed by atoms with van der Waals surface area (Å²) in [6.45, 7) is 0.392. The molecule has 0 aromatic heterocycles. The molecule has 0 atom stereocenters. The summed E-state index contributed by atoms with van der Waals surface area (Å²) < 4.78 is 0. The summed E-state index contributed by atoms with van der Waals surface area (Å²) >= 11 is 6.17. The number of hydrogen-bond acceptors (Lipinski definition) is 3. The molecule has 2 rings (SSSR count). The highest BCUT2D eigenvalue weighted by Crippen LogP contribution is 2.37. The van der Waals surface area contributed by atoms with Gasteiger partial charge in [-0.25, -0.2) is 5.90 Å². The van der Waals surface area contributed by atoms with E-state index in [4.69, 9.17) is 17.5 Å². The van der Waals surface area contributed by atoms with Gasteiger partial charge in [0.2, 0.25) is 0 Å². The van der Waals surface area contributed by atoms with E-state index < -0.39 is 0 Å². The topological polar surface area (TPSA) is 55.5 Å². The molecule has 0 saturated heterocycles. The molecule has 88 valence electrons. The van der Waals surface area contributed by atoms with E-state index >= 15 is 0 Å². The van der Waals surface area contributed by atoms with Gasteiger partial charge in [-0.1, -0.05) is 17.7 Å². The van der Waals surface area contributed by atoms with Gasteiger partial charge < -0.3 is 9.94 Å². The number of halogens is 1. The van der Waals surface area contributed by atoms with Gasteiger partial charge in [-0.15, -0.1) is 0 Å². The third kappa shape index (κ3) is 2.17. The van der Waals surface area contributed by atoms with Crippen LogP contribution in [-0.2, 0) is 24.1 Å². The third-order valence-corrected chi connectivity index (χ3v) is 3.53. The highest BCUT2D eigenvalue weighted by molar-refractivity contribution is 6.33. The van der Waals surface area contributed by atoms with Crippen molar-refractivity contribution in [3.63, 3.8) is 0 Å². The largest absolute Gasteiger partial charge is 0.506 e. The van der Waals surface area contributed by atoms with Crippen LogP contribution < -0.4 is 5.90 Å². The quantitative estimate of drug-likeness (QED) is 0.799. The Morgan fingerprint density at radius 3 is 2.88 bits per heavy atom. The van der Waals surface area contributed by atoms with Gasteiger partial charge in [0.1, 0.15) is 5.75 Å². The molecule has 3 nitrogen and oxygen atoms in total. The van der Waals surface area contributed by atoms with E-state index in [1.807, 2.05) is 6.07 Å². The fourth-order valence-corrected chi connectivity index (χ4v) is 2.60. The monoisotopic (exact) mass is 241 g/mol. The Morgan fingerprint density at radius 1 is 1.38 bits per heavy atom.